The zero-order chi connectivity index (χ0) is 29.2. The summed E-state index contributed by atoms with van der Waals surface area (Å²) < 4.78 is 18.5. The predicted octanol–water partition coefficient (Wildman–Crippen LogP) is 4.66. The number of nitrogens with one attached hydrogen (secondary N) is 2. The number of ether oxygens (including phenoxy) is 3. The highest BCUT2D eigenvalue weighted by Crippen LogP contribution is 2.53. The molecule has 0 saturated carbocycles. The first-order valence-corrected chi connectivity index (χ1v) is 14.7. The molecule has 3 aliphatic rings. The molecule has 0 aliphatic carbocycles. The van der Waals surface area contributed by atoms with Gasteiger partial charge in [-0.2, -0.15) is 0 Å². The molecule has 9 nitrogen and oxygen atoms in total. The molecule has 0 radical (unpaired) electrons. The minimum atomic E-state index is -0.586. The van der Waals surface area contributed by atoms with E-state index < -0.39 is 17.7 Å². The summed E-state index contributed by atoms with van der Waals surface area (Å²) >= 11 is 0. The van der Waals surface area contributed by atoms with Crippen LogP contribution in [0.2, 0.25) is 0 Å². The van der Waals surface area contributed by atoms with Gasteiger partial charge in [0.2, 0.25) is 11.8 Å². The molecule has 3 aliphatic heterocycles. The second-order valence-corrected chi connectivity index (χ2v) is 13.2. The average molecular weight is 558 g/mol. The van der Waals surface area contributed by atoms with Crippen LogP contribution in [0.5, 0.6) is 5.75 Å². The molecule has 1 aromatic rings. The highest BCUT2D eigenvalue weighted by Gasteiger charge is 2.51. The number of nitrogens with zero attached hydrogens (tertiary/aromatic N) is 1. The molecule has 3 heterocycles. The van der Waals surface area contributed by atoms with Crippen LogP contribution in [-0.2, 0) is 19.1 Å². The number of piperidine rings is 1. The predicted molar refractivity (Wildman–Crippen MR) is 152 cm³/mol. The Kier molecular flexibility index (Phi) is 9.02. The van der Waals surface area contributed by atoms with E-state index in [9.17, 15) is 14.4 Å². The Hall–Kier alpha value is -2.81. The largest absolute Gasteiger partial charge is 0.487 e. The molecular weight excluding hydrogens is 510 g/mol. The molecule has 2 N–H and O–H groups in total. The Balaban J connectivity index is 1.34. The van der Waals surface area contributed by atoms with E-state index in [1.165, 1.54) is 12.5 Å². The number of rotatable bonds is 7. The summed E-state index contributed by atoms with van der Waals surface area (Å²) in [6.07, 6.45) is 3.19. The molecule has 2 fully saturated rings. The van der Waals surface area contributed by atoms with E-state index in [1.54, 1.807) is 0 Å². The molecule has 3 amide bonds. The van der Waals surface area contributed by atoms with Gasteiger partial charge in [0, 0.05) is 44.0 Å². The fraction of sp³-hybridized carbons (Fsp3) is 0.710. The van der Waals surface area contributed by atoms with Crippen molar-refractivity contribution in [1.82, 2.24) is 15.5 Å². The molecule has 0 unspecified atom stereocenters. The summed E-state index contributed by atoms with van der Waals surface area (Å²) in [6.45, 7) is 14.9. The van der Waals surface area contributed by atoms with E-state index in [1.807, 2.05) is 25.7 Å². The minimum Gasteiger partial charge on any atom is -0.487 e. The molecule has 9 heteroatoms. The fourth-order valence-corrected chi connectivity index (χ4v) is 6.31. The monoisotopic (exact) mass is 557 g/mol. The number of carbonyl (C=O) groups excluding carboxylic acids is 3. The number of alkyl carbamates (subject to hydrolysis) is 1. The Morgan fingerprint density at radius 3 is 2.65 bits per heavy atom. The first kappa shape index (κ1) is 30.2. The lowest BCUT2D eigenvalue weighted by molar-refractivity contribution is -0.189. The van der Waals surface area contributed by atoms with Crippen LogP contribution in [-0.4, -0.2) is 65.8 Å². The van der Waals surface area contributed by atoms with Crippen molar-refractivity contribution in [2.45, 2.75) is 110 Å². The van der Waals surface area contributed by atoms with Crippen LogP contribution in [0.15, 0.2) is 18.2 Å². The number of benzene rings is 1. The number of likely N-dealkylation sites (tertiary alicyclic amines) is 1. The standard InChI is InChI=1S/C31H47N3O6/c1-19-11-12-22-26(16-19)39-31(6,7)23-17-21-18-34(15-13-25(21)38-27(22)23)28(36)24(33-20(2)35)10-8-9-14-32-29(37)40-30(3,4)5/h11-12,16,21,23-25,27H,8-10,13-15,17-18H2,1-7H3,(H,32,37)(H,33,35)/t21-,23+,24+,25+,27-/m1/s1. The second-order valence-electron chi connectivity index (χ2n) is 13.2. The first-order valence-electron chi connectivity index (χ1n) is 14.7. The molecule has 5 atom stereocenters. The third-order valence-corrected chi connectivity index (χ3v) is 8.22. The van der Waals surface area contributed by atoms with E-state index >= 15 is 0 Å². The average Bonchev–Trinajstić information content (AvgIpc) is 2.84. The van der Waals surface area contributed by atoms with Gasteiger partial charge in [-0.1, -0.05) is 12.1 Å². The quantitative estimate of drug-likeness (QED) is 0.473. The third kappa shape index (κ3) is 7.28. The smallest absolute Gasteiger partial charge is 0.407 e. The van der Waals surface area contributed by atoms with Crippen LogP contribution in [0, 0.1) is 18.8 Å². The summed E-state index contributed by atoms with van der Waals surface area (Å²) in [7, 11) is 0. The summed E-state index contributed by atoms with van der Waals surface area (Å²) in [5.41, 5.74) is 1.36. The van der Waals surface area contributed by atoms with Gasteiger partial charge in [-0.3, -0.25) is 9.59 Å². The molecule has 4 rings (SSSR count). The zero-order valence-corrected chi connectivity index (χ0v) is 25.2. The summed E-state index contributed by atoms with van der Waals surface area (Å²) in [5.74, 6) is 1.04. The van der Waals surface area contributed by atoms with Gasteiger partial charge in [-0.15, -0.1) is 0 Å². The number of hydrogen-bond acceptors (Lipinski definition) is 6. The number of fused-ring (bicyclic) bond motifs is 4. The van der Waals surface area contributed by atoms with Gasteiger partial charge in [0.25, 0.3) is 0 Å². The molecule has 0 spiro atoms. The molecule has 222 valence electrons. The highest BCUT2D eigenvalue weighted by molar-refractivity contribution is 5.87. The molecule has 0 bridgehead atoms. The van der Waals surface area contributed by atoms with Crippen LogP contribution < -0.4 is 15.4 Å². The van der Waals surface area contributed by atoms with Crippen molar-refractivity contribution < 1.29 is 28.6 Å². The van der Waals surface area contributed by atoms with Gasteiger partial charge in [-0.25, -0.2) is 4.79 Å². The number of carbonyl (C=O) groups is 3. The van der Waals surface area contributed by atoms with E-state index in [0.29, 0.717) is 38.9 Å². The maximum Gasteiger partial charge on any atom is 0.407 e. The van der Waals surface area contributed by atoms with Crippen LogP contribution in [0.4, 0.5) is 4.79 Å². The van der Waals surface area contributed by atoms with Crippen molar-refractivity contribution in [3.63, 3.8) is 0 Å². The van der Waals surface area contributed by atoms with Crippen molar-refractivity contribution in [2.75, 3.05) is 19.6 Å². The molecule has 40 heavy (non-hydrogen) atoms. The van der Waals surface area contributed by atoms with E-state index in [0.717, 1.165) is 24.2 Å². The van der Waals surface area contributed by atoms with Crippen molar-refractivity contribution >= 4 is 17.9 Å². The van der Waals surface area contributed by atoms with Gasteiger partial charge in [0.1, 0.15) is 23.0 Å². The molecule has 1 aromatic carbocycles. The maximum absolute atomic E-state index is 13.6. The number of hydrogen-bond donors (Lipinski definition) is 2. The highest BCUT2D eigenvalue weighted by atomic mass is 16.6. The van der Waals surface area contributed by atoms with E-state index in [4.69, 9.17) is 14.2 Å². The third-order valence-electron chi connectivity index (χ3n) is 8.22. The Morgan fingerprint density at radius 1 is 1.20 bits per heavy atom. The van der Waals surface area contributed by atoms with Crippen molar-refractivity contribution in [3.05, 3.63) is 29.3 Å². The first-order chi connectivity index (χ1) is 18.7. The lowest BCUT2D eigenvalue weighted by Gasteiger charge is -2.53. The molecule has 2 saturated heterocycles. The van der Waals surface area contributed by atoms with Gasteiger partial charge in [0.05, 0.1) is 12.2 Å². The van der Waals surface area contributed by atoms with E-state index in [-0.39, 0.29) is 41.5 Å². The fourth-order valence-electron chi connectivity index (χ4n) is 6.31. The van der Waals surface area contributed by atoms with Crippen molar-refractivity contribution in [2.24, 2.45) is 11.8 Å². The minimum absolute atomic E-state index is 0.00994. The van der Waals surface area contributed by atoms with Gasteiger partial charge < -0.3 is 29.7 Å². The SMILES string of the molecule is CC(=O)N[C@@H](CCCCNC(=O)OC(C)(C)C)C(=O)N1CC[C@@H]2O[C@@H]3c4ccc(C)cc4OC(C)(C)[C@H]3C[C@@H]2C1. The Labute approximate surface area is 238 Å². The Bertz CT molecular complexity index is 1100. The summed E-state index contributed by atoms with van der Waals surface area (Å²) in [4.78, 5) is 39.3. The van der Waals surface area contributed by atoms with E-state index in [2.05, 4.69) is 49.6 Å². The van der Waals surface area contributed by atoms with Crippen LogP contribution in [0.3, 0.4) is 0 Å². The topological polar surface area (TPSA) is 106 Å². The maximum atomic E-state index is 13.6. The number of unbranched alkanes of at least 4 members (excludes halogenated alkanes) is 1. The van der Waals surface area contributed by atoms with Gasteiger partial charge >= 0.3 is 6.09 Å². The molecule has 0 aromatic heterocycles. The van der Waals surface area contributed by atoms with Gasteiger partial charge in [0.15, 0.2) is 0 Å². The lowest BCUT2D eigenvalue weighted by atomic mass is 9.70. The van der Waals surface area contributed by atoms with Crippen LogP contribution in [0.25, 0.3) is 0 Å². The summed E-state index contributed by atoms with van der Waals surface area (Å²) in [6, 6.07) is 5.76. The number of amides is 3. The van der Waals surface area contributed by atoms with Crippen molar-refractivity contribution in [1.29, 1.82) is 0 Å². The summed E-state index contributed by atoms with van der Waals surface area (Å²) in [5, 5.41) is 5.61. The normalized spacial score (nSPS) is 25.8. The lowest BCUT2D eigenvalue weighted by Crippen LogP contribution is -2.58. The van der Waals surface area contributed by atoms with Crippen molar-refractivity contribution in [3.8, 4) is 5.75 Å². The number of aryl methyl sites for hydroxylation is 1. The van der Waals surface area contributed by atoms with Crippen LogP contribution in [0.1, 0.15) is 90.9 Å². The van der Waals surface area contributed by atoms with Crippen LogP contribution >= 0.6 is 0 Å². The Morgan fingerprint density at radius 2 is 1.95 bits per heavy atom. The second kappa shape index (κ2) is 12.0. The zero-order valence-electron chi connectivity index (χ0n) is 25.2. The molecular formula is C31H47N3O6. The van der Waals surface area contributed by atoms with Gasteiger partial charge in [-0.05, 0) is 85.3 Å².